The van der Waals surface area contributed by atoms with Gasteiger partial charge >= 0.3 is 6.09 Å². The molecule has 31 heavy (non-hydrogen) atoms. The number of nitrogens with one attached hydrogen (secondary N) is 1. The number of hydrogen-bond acceptors (Lipinski definition) is 5. The standard InChI is InChI=1S/C24H27N3O3S/c1-23(2,3)30-22(29)27-14-19-15-31-21(25-20(28)17-10-6-4-7-11-17)26-24(19,16-27)18-12-8-5-9-13-18/h4-13,19H,14-16H2,1-3H3,(H,25,26,28)/t19-,24+/m0/s1. The van der Waals surface area contributed by atoms with E-state index in [0.29, 0.717) is 23.8 Å². The van der Waals surface area contributed by atoms with E-state index in [0.717, 1.165) is 11.3 Å². The van der Waals surface area contributed by atoms with Gasteiger partial charge in [-0.15, -0.1) is 0 Å². The molecule has 7 heteroatoms. The lowest BCUT2D eigenvalue weighted by Crippen LogP contribution is -2.43. The number of likely N-dealkylation sites (tertiary alicyclic amines) is 1. The Balaban J connectivity index is 1.64. The Morgan fingerprint density at radius 1 is 1.10 bits per heavy atom. The number of carbonyl (C=O) groups is 2. The minimum atomic E-state index is -0.608. The van der Waals surface area contributed by atoms with Crippen molar-refractivity contribution in [2.45, 2.75) is 31.9 Å². The van der Waals surface area contributed by atoms with Crippen LogP contribution in [0.25, 0.3) is 0 Å². The molecule has 2 amide bonds. The predicted molar refractivity (Wildman–Crippen MR) is 123 cm³/mol. The van der Waals surface area contributed by atoms with E-state index in [-0.39, 0.29) is 17.9 Å². The highest BCUT2D eigenvalue weighted by Crippen LogP contribution is 2.45. The second kappa shape index (κ2) is 8.38. The van der Waals surface area contributed by atoms with Gasteiger partial charge in [0.2, 0.25) is 0 Å². The highest BCUT2D eigenvalue weighted by molar-refractivity contribution is 8.13. The summed E-state index contributed by atoms with van der Waals surface area (Å²) in [5.41, 5.74) is 0.460. The summed E-state index contributed by atoms with van der Waals surface area (Å²) in [4.78, 5) is 32.3. The van der Waals surface area contributed by atoms with Crippen molar-refractivity contribution in [2.24, 2.45) is 10.9 Å². The maximum atomic E-state index is 12.8. The fourth-order valence-electron chi connectivity index (χ4n) is 4.02. The second-order valence-corrected chi connectivity index (χ2v) is 9.90. The normalized spacial score (nSPS) is 23.0. The highest BCUT2D eigenvalue weighted by atomic mass is 32.2. The molecule has 0 saturated carbocycles. The lowest BCUT2D eigenvalue weighted by molar-refractivity contribution is 0.0282. The molecule has 1 N–H and O–H groups in total. The maximum Gasteiger partial charge on any atom is 0.410 e. The van der Waals surface area contributed by atoms with E-state index in [1.165, 1.54) is 11.8 Å². The summed E-state index contributed by atoms with van der Waals surface area (Å²) in [6, 6.07) is 19.1. The van der Waals surface area contributed by atoms with Crippen LogP contribution in [0.1, 0.15) is 36.7 Å². The highest BCUT2D eigenvalue weighted by Gasteiger charge is 2.52. The third-order valence-corrected chi connectivity index (χ3v) is 6.49. The van der Waals surface area contributed by atoms with E-state index in [9.17, 15) is 9.59 Å². The molecular weight excluding hydrogens is 410 g/mol. The molecule has 0 aromatic heterocycles. The minimum Gasteiger partial charge on any atom is -0.444 e. The first-order valence-corrected chi connectivity index (χ1v) is 11.4. The van der Waals surface area contributed by atoms with E-state index in [2.05, 4.69) is 5.32 Å². The number of nitrogens with zero attached hydrogens (tertiary/aromatic N) is 2. The topological polar surface area (TPSA) is 71.0 Å². The van der Waals surface area contributed by atoms with Crippen LogP contribution in [0.3, 0.4) is 0 Å². The van der Waals surface area contributed by atoms with Crippen molar-refractivity contribution in [1.29, 1.82) is 0 Å². The summed E-state index contributed by atoms with van der Waals surface area (Å²) >= 11 is 1.52. The number of benzene rings is 2. The number of rotatable bonds is 2. The smallest absolute Gasteiger partial charge is 0.410 e. The Morgan fingerprint density at radius 3 is 2.39 bits per heavy atom. The quantitative estimate of drug-likeness (QED) is 0.761. The number of thioether (sulfide) groups is 1. The van der Waals surface area contributed by atoms with Crippen LogP contribution in [-0.2, 0) is 10.3 Å². The van der Waals surface area contributed by atoms with Crippen LogP contribution >= 0.6 is 11.8 Å². The van der Waals surface area contributed by atoms with Gasteiger partial charge in [-0.05, 0) is 38.5 Å². The average molecular weight is 438 g/mol. The molecule has 2 heterocycles. The van der Waals surface area contributed by atoms with Crippen molar-refractivity contribution < 1.29 is 14.3 Å². The zero-order valence-electron chi connectivity index (χ0n) is 18.0. The average Bonchev–Trinajstić information content (AvgIpc) is 3.14. The molecule has 2 aliphatic heterocycles. The van der Waals surface area contributed by atoms with Gasteiger partial charge in [0.25, 0.3) is 5.91 Å². The Hall–Kier alpha value is -2.80. The Kier molecular flexibility index (Phi) is 5.79. The number of amides is 2. The first kappa shape index (κ1) is 21.4. The molecule has 0 bridgehead atoms. The number of hydrogen-bond donors (Lipinski definition) is 1. The summed E-state index contributed by atoms with van der Waals surface area (Å²) in [5.74, 6) is 0.697. The molecule has 0 aliphatic carbocycles. The van der Waals surface area contributed by atoms with Crippen LogP contribution < -0.4 is 5.32 Å². The first-order valence-electron chi connectivity index (χ1n) is 10.4. The van der Waals surface area contributed by atoms with Crippen molar-refractivity contribution in [3.8, 4) is 0 Å². The molecule has 0 radical (unpaired) electrons. The number of ether oxygens (including phenoxy) is 1. The predicted octanol–water partition coefficient (Wildman–Crippen LogP) is 4.28. The molecule has 162 valence electrons. The van der Waals surface area contributed by atoms with Gasteiger partial charge in [0, 0.05) is 23.8 Å². The summed E-state index contributed by atoms with van der Waals surface area (Å²) in [5, 5.41) is 3.55. The van der Waals surface area contributed by atoms with E-state index in [1.54, 1.807) is 17.0 Å². The van der Waals surface area contributed by atoms with Gasteiger partial charge < -0.3 is 15.0 Å². The Bertz CT molecular complexity index is 988. The number of carbonyl (C=O) groups excluding carboxylic acids is 2. The lowest BCUT2D eigenvalue weighted by atomic mass is 9.82. The van der Waals surface area contributed by atoms with Crippen LogP contribution in [0.5, 0.6) is 0 Å². The Labute approximate surface area is 187 Å². The summed E-state index contributed by atoms with van der Waals surface area (Å²) in [6.07, 6.45) is -0.327. The first-order chi connectivity index (χ1) is 14.8. The van der Waals surface area contributed by atoms with Crippen molar-refractivity contribution in [2.75, 3.05) is 18.8 Å². The van der Waals surface area contributed by atoms with Gasteiger partial charge in [-0.2, -0.15) is 0 Å². The lowest BCUT2D eigenvalue weighted by Gasteiger charge is -2.35. The van der Waals surface area contributed by atoms with Gasteiger partial charge in [0.05, 0.1) is 6.54 Å². The molecule has 4 rings (SSSR count). The van der Waals surface area contributed by atoms with Gasteiger partial charge in [0.15, 0.2) is 5.17 Å². The minimum absolute atomic E-state index is 0.129. The van der Waals surface area contributed by atoms with Crippen LogP contribution in [0.4, 0.5) is 4.79 Å². The molecular formula is C24H27N3O3S. The molecule has 2 aliphatic rings. The van der Waals surface area contributed by atoms with Crippen molar-refractivity contribution in [3.63, 3.8) is 0 Å². The third kappa shape index (κ3) is 4.61. The van der Waals surface area contributed by atoms with Gasteiger partial charge in [0.1, 0.15) is 11.1 Å². The van der Waals surface area contributed by atoms with Gasteiger partial charge in [-0.3, -0.25) is 4.79 Å². The zero-order valence-corrected chi connectivity index (χ0v) is 18.8. The van der Waals surface area contributed by atoms with Crippen molar-refractivity contribution >= 4 is 28.9 Å². The van der Waals surface area contributed by atoms with Crippen LogP contribution in [-0.4, -0.2) is 46.5 Å². The van der Waals surface area contributed by atoms with Crippen LogP contribution in [0.2, 0.25) is 0 Å². The van der Waals surface area contributed by atoms with Crippen molar-refractivity contribution in [3.05, 3.63) is 71.8 Å². The number of fused-ring (bicyclic) bond motifs is 1. The summed E-state index contributed by atoms with van der Waals surface area (Å²) < 4.78 is 5.62. The monoisotopic (exact) mass is 437 g/mol. The zero-order chi connectivity index (χ0) is 22.1. The van der Waals surface area contributed by atoms with E-state index >= 15 is 0 Å². The largest absolute Gasteiger partial charge is 0.444 e. The summed E-state index contributed by atoms with van der Waals surface area (Å²) in [7, 11) is 0. The fraction of sp³-hybridized carbons (Fsp3) is 0.375. The maximum absolute atomic E-state index is 12.8. The molecule has 1 fully saturated rings. The molecule has 2 aromatic carbocycles. The molecule has 2 atom stereocenters. The van der Waals surface area contributed by atoms with Gasteiger partial charge in [-0.1, -0.05) is 60.3 Å². The van der Waals surface area contributed by atoms with Crippen molar-refractivity contribution in [1.82, 2.24) is 10.2 Å². The van der Waals surface area contributed by atoms with Crippen LogP contribution in [0, 0.1) is 5.92 Å². The fourth-order valence-corrected chi connectivity index (χ4v) is 5.15. The molecule has 6 nitrogen and oxygen atoms in total. The van der Waals surface area contributed by atoms with Gasteiger partial charge in [-0.25, -0.2) is 9.79 Å². The van der Waals surface area contributed by atoms with E-state index in [4.69, 9.17) is 9.73 Å². The number of aliphatic imine (C=N–C) groups is 1. The SMILES string of the molecule is CC(C)(C)OC(=O)N1C[C@H]2CSC(NC(=O)c3ccccc3)=N[C@@]2(c2ccccc2)C1. The molecule has 0 unspecified atom stereocenters. The Morgan fingerprint density at radius 2 is 1.74 bits per heavy atom. The molecule has 1 saturated heterocycles. The van der Waals surface area contributed by atoms with E-state index in [1.807, 2.05) is 69.3 Å². The van der Waals surface area contributed by atoms with Crippen LogP contribution in [0.15, 0.2) is 65.7 Å². The third-order valence-electron chi connectivity index (χ3n) is 5.45. The summed E-state index contributed by atoms with van der Waals surface area (Å²) in [6.45, 7) is 6.59. The van der Waals surface area contributed by atoms with E-state index < -0.39 is 11.1 Å². The molecule has 2 aromatic rings. The molecule has 0 spiro atoms. The number of amidine groups is 1. The second-order valence-electron chi connectivity index (χ2n) is 8.90.